The topological polar surface area (TPSA) is 66.8 Å². The highest BCUT2D eigenvalue weighted by molar-refractivity contribution is 5.77. The number of methoxy groups -OCH3 is 1. The van der Waals surface area contributed by atoms with Gasteiger partial charge in [-0.25, -0.2) is 4.39 Å². The number of aromatic hydroxyl groups is 1. The van der Waals surface area contributed by atoms with Gasteiger partial charge in [-0.2, -0.15) is 0 Å². The number of ether oxygens (including phenoxy) is 1. The molecule has 0 fully saturated rings. The van der Waals surface area contributed by atoms with Crippen molar-refractivity contribution in [3.05, 3.63) is 23.5 Å². The van der Waals surface area contributed by atoms with Crippen LogP contribution in [-0.4, -0.2) is 23.3 Å². The minimum atomic E-state index is -1.12. The second kappa shape index (κ2) is 4.83. The van der Waals surface area contributed by atoms with Gasteiger partial charge in [0.15, 0.2) is 0 Å². The van der Waals surface area contributed by atoms with Crippen molar-refractivity contribution in [1.29, 1.82) is 0 Å². The Balaban J connectivity index is 3.35. The minimum absolute atomic E-state index is 0.0321. The van der Waals surface area contributed by atoms with Gasteiger partial charge in [-0.15, -0.1) is 0 Å². The molecule has 0 radical (unpaired) electrons. The van der Waals surface area contributed by atoms with E-state index in [4.69, 9.17) is 9.84 Å². The number of benzene rings is 1. The Bertz CT molecular complexity index is 403. The first-order valence-corrected chi connectivity index (χ1v) is 4.80. The van der Waals surface area contributed by atoms with E-state index in [0.29, 0.717) is 0 Å². The van der Waals surface area contributed by atoms with Crippen LogP contribution in [0, 0.1) is 5.82 Å². The van der Waals surface area contributed by atoms with Crippen molar-refractivity contribution < 1.29 is 24.1 Å². The fourth-order valence-electron chi connectivity index (χ4n) is 1.59. The Kier molecular flexibility index (Phi) is 3.71. The van der Waals surface area contributed by atoms with Gasteiger partial charge in [0.05, 0.1) is 13.0 Å². The van der Waals surface area contributed by atoms with Crippen molar-refractivity contribution in [2.24, 2.45) is 0 Å². The molecule has 0 saturated heterocycles. The molecule has 16 heavy (non-hydrogen) atoms. The fraction of sp³-hybridized carbons (Fsp3) is 0.364. The van der Waals surface area contributed by atoms with Gasteiger partial charge in [0.1, 0.15) is 17.3 Å². The highest BCUT2D eigenvalue weighted by Gasteiger charge is 2.25. The predicted octanol–water partition coefficient (Wildman–Crippen LogP) is 2.12. The third-order valence-electron chi connectivity index (χ3n) is 2.35. The van der Waals surface area contributed by atoms with Gasteiger partial charge in [0, 0.05) is 17.7 Å². The van der Waals surface area contributed by atoms with Crippen LogP contribution in [0.3, 0.4) is 0 Å². The van der Waals surface area contributed by atoms with Crippen molar-refractivity contribution in [3.8, 4) is 11.5 Å². The summed E-state index contributed by atoms with van der Waals surface area (Å²) in [6, 6.07) is 2.08. The number of carbonyl (C=O) groups is 1. The Labute approximate surface area is 92.3 Å². The zero-order chi connectivity index (χ0) is 12.3. The van der Waals surface area contributed by atoms with Crippen molar-refractivity contribution in [1.82, 2.24) is 0 Å². The molecule has 0 aliphatic rings. The van der Waals surface area contributed by atoms with E-state index in [9.17, 15) is 14.3 Å². The average Bonchev–Trinajstić information content (AvgIpc) is 2.21. The lowest BCUT2D eigenvalue weighted by atomic mass is 9.95. The molecule has 1 aromatic carbocycles. The monoisotopic (exact) mass is 228 g/mol. The largest absolute Gasteiger partial charge is 0.508 e. The smallest absolute Gasteiger partial charge is 0.311 e. The lowest BCUT2D eigenvalue weighted by Gasteiger charge is -2.15. The van der Waals surface area contributed by atoms with Crippen LogP contribution in [0.15, 0.2) is 12.1 Å². The summed E-state index contributed by atoms with van der Waals surface area (Å²) in [5.74, 6) is -3.11. The Hall–Kier alpha value is -1.78. The lowest BCUT2D eigenvalue weighted by molar-refractivity contribution is -0.139. The Morgan fingerprint density at radius 3 is 2.62 bits per heavy atom. The molecule has 0 aliphatic carbocycles. The van der Waals surface area contributed by atoms with E-state index in [-0.39, 0.29) is 23.5 Å². The van der Waals surface area contributed by atoms with E-state index >= 15 is 0 Å². The Morgan fingerprint density at radius 1 is 1.56 bits per heavy atom. The lowest BCUT2D eigenvalue weighted by Crippen LogP contribution is -2.13. The first-order chi connectivity index (χ1) is 7.51. The number of phenols is 1. The van der Waals surface area contributed by atoms with Crippen molar-refractivity contribution in [3.63, 3.8) is 0 Å². The maximum atomic E-state index is 13.6. The highest BCUT2D eigenvalue weighted by atomic mass is 19.1. The molecule has 0 saturated carbocycles. The van der Waals surface area contributed by atoms with E-state index in [1.165, 1.54) is 13.2 Å². The predicted molar refractivity (Wildman–Crippen MR) is 55.3 cm³/mol. The second-order valence-electron chi connectivity index (χ2n) is 3.34. The molecular weight excluding hydrogens is 215 g/mol. The summed E-state index contributed by atoms with van der Waals surface area (Å²) in [6.07, 6.45) is 0.243. The molecule has 1 unspecified atom stereocenters. The molecule has 0 aliphatic heterocycles. The van der Waals surface area contributed by atoms with Crippen LogP contribution in [-0.2, 0) is 4.79 Å². The molecule has 1 rings (SSSR count). The molecule has 0 amide bonds. The SMILES string of the molecule is CCC(C(=O)O)c1c(F)cc(O)cc1OC. The summed E-state index contributed by atoms with van der Waals surface area (Å²) < 4.78 is 18.5. The summed E-state index contributed by atoms with van der Waals surface area (Å²) >= 11 is 0. The van der Waals surface area contributed by atoms with Gasteiger partial charge < -0.3 is 14.9 Å². The molecule has 1 atom stereocenters. The summed E-state index contributed by atoms with van der Waals surface area (Å²) in [5.41, 5.74) is -0.0321. The number of hydrogen-bond donors (Lipinski definition) is 2. The number of halogens is 1. The minimum Gasteiger partial charge on any atom is -0.508 e. The van der Waals surface area contributed by atoms with Crippen LogP contribution in [0.25, 0.3) is 0 Å². The summed E-state index contributed by atoms with van der Waals surface area (Å²) in [7, 11) is 1.30. The fourth-order valence-corrected chi connectivity index (χ4v) is 1.59. The molecule has 88 valence electrons. The molecule has 0 aromatic heterocycles. The van der Waals surface area contributed by atoms with E-state index in [1.807, 2.05) is 0 Å². The van der Waals surface area contributed by atoms with Crippen LogP contribution in [0.1, 0.15) is 24.8 Å². The summed E-state index contributed by atoms with van der Waals surface area (Å²) in [4.78, 5) is 11.0. The number of phenolic OH excluding ortho intramolecular Hbond substituents is 1. The molecule has 1 aromatic rings. The third-order valence-corrected chi connectivity index (χ3v) is 2.35. The number of carboxylic acids is 1. The summed E-state index contributed by atoms with van der Waals surface area (Å²) in [6.45, 7) is 1.64. The Morgan fingerprint density at radius 2 is 2.19 bits per heavy atom. The van der Waals surface area contributed by atoms with Crippen LogP contribution in [0.2, 0.25) is 0 Å². The molecule has 0 spiro atoms. The molecular formula is C11H13FO4. The zero-order valence-electron chi connectivity index (χ0n) is 9.03. The van der Waals surface area contributed by atoms with E-state index in [2.05, 4.69) is 0 Å². The van der Waals surface area contributed by atoms with Crippen LogP contribution >= 0.6 is 0 Å². The van der Waals surface area contributed by atoms with Crippen molar-refractivity contribution in [2.45, 2.75) is 19.3 Å². The second-order valence-corrected chi connectivity index (χ2v) is 3.34. The molecule has 5 heteroatoms. The molecule has 0 heterocycles. The molecule has 0 bridgehead atoms. The normalized spacial score (nSPS) is 12.2. The van der Waals surface area contributed by atoms with Gasteiger partial charge >= 0.3 is 5.97 Å². The molecule has 4 nitrogen and oxygen atoms in total. The van der Waals surface area contributed by atoms with E-state index < -0.39 is 17.7 Å². The van der Waals surface area contributed by atoms with Crippen molar-refractivity contribution >= 4 is 5.97 Å². The average molecular weight is 228 g/mol. The zero-order valence-corrected chi connectivity index (χ0v) is 9.03. The van der Waals surface area contributed by atoms with E-state index in [0.717, 1.165) is 6.07 Å². The first kappa shape index (κ1) is 12.3. The van der Waals surface area contributed by atoms with Crippen molar-refractivity contribution in [2.75, 3.05) is 7.11 Å². The number of aliphatic carboxylic acids is 1. The molecule has 2 N–H and O–H groups in total. The van der Waals surface area contributed by atoms with Crippen LogP contribution in [0.4, 0.5) is 4.39 Å². The maximum absolute atomic E-state index is 13.6. The first-order valence-electron chi connectivity index (χ1n) is 4.80. The number of rotatable bonds is 4. The van der Waals surface area contributed by atoms with Gasteiger partial charge in [0.2, 0.25) is 0 Å². The highest BCUT2D eigenvalue weighted by Crippen LogP contribution is 2.34. The third kappa shape index (κ3) is 2.24. The summed E-state index contributed by atoms with van der Waals surface area (Å²) in [5, 5.41) is 18.1. The standard InChI is InChI=1S/C11H13FO4/c1-3-7(11(14)15)10-8(12)4-6(13)5-9(10)16-2/h4-5,7,13H,3H2,1-2H3,(H,14,15). The van der Waals surface area contributed by atoms with Gasteiger partial charge in [-0.3, -0.25) is 4.79 Å². The van der Waals surface area contributed by atoms with Crippen LogP contribution in [0.5, 0.6) is 11.5 Å². The van der Waals surface area contributed by atoms with Gasteiger partial charge in [0.25, 0.3) is 0 Å². The van der Waals surface area contributed by atoms with Gasteiger partial charge in [-0.05, 0) is 6.42 Å². The maximum Gasteiger partial charge on any atom is 0.311 e. The van der Waals surface area contributed by atoms with Gasteiger partial charge in [-0.1, -0.05) is 6.92 Å². The van der Waals surface area contributed by atoms with Crippen LogP contribution < -0.4 is 4.74 Å². The quantitative estimate of drug-likeness (QED) is 0.828. The van der Waals surface area contributed by atoms with E-state index in [1.54, 1.807) is 6.92 Å². The number of carboxylic acid groups (broad SMARTS) is 1. The number of hydrogen-bond acceptors (Lipinski definition) is 3.